The number of fused-ring (bicyclic) bond motifs is 1. The average Bonchev–Trinajstić information content (AvgIpc) is 3.60. The van der Waals surface area contributed by atoms with Crippen LogP contribution in [0.1, 0.15) is 29.9 Å². The minimum absolute atomic E-state index is 0.0437. The molecule has 1 aliphatic rings. The summed E-state index contributed by atoms with van der Waals surface area (Å²) in [4.78, 5) is 33.9. The highest BCUT2D eigenvalue weighted by Crippen LogP contribution is 2.41. The molecule has 1 aliphatic carbocycles. The van der Waals surface area contributed by atoms with E-state index in [4.69, 9.17) is 4.74 Å². The van der Waals surface area contributed by atoms with Crippen molar-refractivity contribution < 1.29 is 22.7 Å². The lowest BCUT2D eigenvalue weighted by Crippen LogP contribution is -2.41. The second-order valence-corrected chi connectivity index (χ2v) is 8.36. The number of carbonyl (C=O) groups is 1. The molecule has 35 heavy (non-hydrogen) atoms. The van der Waals surface area contributed by atoms with E-state index >= 15 is 0 Å². The number of anilines is 2. The van der Waals surface area contributed by atoms with Gasteiger partial charge in [-0.15, -0.1) is 0 Å². The van der Waals surface area contributed by atoms with E-state index in [2.05, 4.69) is 9.97 Å². The molecule has 0 atom stereocenters. The quantitative estimate of drug-likeness (QED) is 0.412. The van der Waals surface area contributed by atoms with Gasteiger partial charge >= 0.3 is 12.1 Å². The van der Waals surface area contributed by atoms with Gasteiger partial charge in [0.05, 0.1) is 18.6 Å². The Bertz CT molecular complexity index is 1460. The van der Waals surface area contributed by atoms with Crippen molar-refractivity contribution in [2.24, 2.45) is 7.05 Å². The van der Waals surface area contributed by atoms with E-state index in [1.807, 2.05) is 30.3 Å². The normalized spacial score (nSPS) is 13.7. The summed E-state index contributed by atoms with van der Waals surface area (Å²) in [5.74, 6) is -2.04. The summed E-state index contributed by atoms with van der Waals surface area (Å²) in [6, 6.07) is 10.7. The molecule has 0 bridgehead atoms. The van der Waals surface area contributed by atoms with Gasteiger partial charge < -0.3 is 9.30 Å². The number of amides is 1. The van der Waals surface area contributed by atoms with E-state index in [1.54, 1.807) is 6.20 Å². The van der Waals surface area contributed by atoms with Crippen molar-refractivity contribution in [1.29, 1.82) is 0 Å². The van der Waals surface area contributed by atoms with E-state index in [9.17, 15) is 22.8 Å². The van der Waals surface area contributed by atoms with Crippen molar-refractivity contribution in [1.82, 2.24) is 18.9 Å². The largest absolute Gasteiger partial charge is 0.486 e. The molecule has 0 radical (unpaired) electrons. The van der Waals surface area contributed by atoms with Gasteiger partial charge in [-0.2, -0.15) is 18.2 Å². The molecule has 1 amide bonds. The number of carbonyl (C=O) groups excluding carboxylic acids is 1. The molecule has 1 fully saturated rings. The molecular formula is C24H20F3N5O3. The van der Waals surface area contributed by atoms with Gasteiger partial charge in [-0.1, -0.05) is 30.3 Å². The fourth-order valence-electron chi connectivity index (χ4n) is 3.76. The predicted octanol–water partition coefficient (Wildman–Crippen LogP) is 4.11. The Morgan fingerprint density at radius 3 is 2.60 bits per heavy atom. The Balaban J connectivity index is 1.54. The zero-order valence-corrected chi connectivity index (χ0v) is 18.6. The van der Waals surface area contributed by atoms with E-state index in [0.717, 1.165) is 18.4 Å². The number of alkyl halides is 3. The molecule has 11 heteroatoms. The Morgan fingerprint density at radius 1 is 1.17 bits per heavy atom. The smallest absolute Gasteiger partial charge is 0.472 e. The highest BCUT2D eigenvalue weighted by molar-refractivity contribution is 6.03. The minimum Gasteiger partial charge on any atom is -0.486 e. The second kappa shape index (κ2) is 8.57. The van der Waals surface area contributed by atoms with Crippen LogP contribution in [0, 0.1) is 0 Å². The molecule has 180 valence electrons. The van der Waals surface area contributed by atoms with Crippen molar-refractivity contribution in [3.05, 3.63) is 82.7 Å². The van der Waals surface area contributed by atoms with Crippen LogP contribution in [0.3, 0.4) is 0 Å². The summed E-state index contributed by atoms with van der Waals surface area (Å²) >= 11 is 0. The molecule has 0 N–H and O–H groups in total. The van der Waals surface area contributed by atoms with Crippen LogP contribution in [0.2, 0.25) is 0 Å². The maximum Gasteiger partial charge on any atom is 0.472 e. The molecule has 1 aromatic carbocycles. The Labute approximate surface area is 197 Å². The summed E-state index contributed by atoms with van der Waals surface area (Å²) in [6.07, 6.45) is 2.19. The number of imidazole rings is 1. The standard InChI is InChI=1S/C24H20F3N5O3/c1-30-11-17(16-7-8-16)9-19(21(30)33)32(22(34)24(25,26)27)20-13-31-12-18(10-28-23(31)29-20)35-14-15-5-3-2-4-6-15/h2-6,9-13,16H,7-8,14H2,1H3. The molecule has 0 saturated heterocycles. The van der Waals surface area contributed by atoms with Crippen LogP contribution < -0.4 is 15.2 Å². The molecule has 5 rings (SSSR count). The molecule has 3 heterocycles. The van der Waals surface area contributed by atoms with Gasteiger partial charge in [-0.3, -0.25) is 14.0 Å². The van der Waals surface area contributed by atoms with Crippen LogP contribution in [0.4, 0.5) is 24.7 Å². The van der Waals surface area contributed by atoms with Gasteiger partial charge in [0.2, 0.25) is 5.78 Å². The topological polar surface area (TPSA) is 81.7 Å². The monoisotopic (exact) mass is 483 g/mol. The van der Waals surface area contributed by atoms with Gasteiger partial charge in [0.15, 0.2) is 11.6 Å². The van der Waals surface area contributed by atoms with Gasteiger partial charge in [-0.25, -0.2) is 9.88 Å². The first-order chi connectivity index (χ1) is 16.7. The summed E-state index contributed by atoms with van der Waals surface area (Å²) in [5.41, 5.74) is 0.458. The van der Waals surface area contributed by atoms with Crippen LogP contribution in [-0.4, -0.2) is 31.0 Å². The zero-order valence-electron chi connectivity index (χ0n) is 18.6. The van der Waals surface area contributed by atoms with Crippen LogP contribution in [0.25, 0.3) is 5.78 Å². The zero-order chi connectivity index (χ0) is 24.7. The van der Waals surface area contributed by atoms with Crippen molar-refractivity contribution in [2.45, 2.75) is 31.5 Å². The first kappa shape index (κ1) is 22.6. The number of nitrogens with zero attached hydrogens (tertiary/aromatic N) is 5. The molecule has 0 aliphatic heterocycles. The lowest BCUT2D eigenvalue weighted by molar-refractivity contribution is -0.169. The number of aryl methyl sites for hydroxylation is 1. The summed E-state index contributed by atoms with van der Waals surface area (Å²) < 4.78 is 49.0. The Hall–Kier alpha value is -4.15. The van der Waals surface area contributed by atoms with E-state index in [1.165, 1.54) is 40.7 Å². The van der Waals surface area contributed by atoms with Crippen LogP contribution in [0.15, 0.2) is 66.0 Å². The first-order valence-electron chi connectivity index (χ1n) is 10.8. The Morgan fingerprint density at radius 2 is 1.91 bits per heavy atom. The first-order valence-corrected chi connectivity index (χ1v) is 10.8. The second-order valence-electron chi connectivity index (χ2n) is 8.36. The molecule has 4 aromatic rings. The van der Waals surface area contributed by atoms with Crippen molar-refractivity contribution in [3.8, 4) is 5.75 Å². The minimum atomic E-state index is -5.23. The highest BCUT2D eigenvalue weighted by Gasteiger charge is 2.45. The highest BCUT2D eigenvalue weighted by atomic mass is 19.4. The van der Waals surface area contributed by atoms with Crippen LogP contribution in [-0.2, 0) is 18.4 Å². The number of rotatable bonds is 6. The average molecular weight is 483 g/mol. The maximum atomic E-state index is 13.6. The van der Waals surface area contributed by atoms with Crippen LogP contribution >= 0.6 is 0 Å². The summed E-state index contributed by atoms with van der Waals surface area (Å²) in [6.45, 7) is 0.262. The molecule has 1 saturated carbocycles. The molecule has 0 unspecified atom stereocenters. The van der Waals surface area contributed by atoms with E-state index in [-0.39, 0.29) is 24.1 Å². The SMILES string of the molecule is Cn1cc(C2CC2)cc(N(C(=O)C(F)(F)F)c2cn3cc(OCc4ccccc4)cnc3n2)c1=O. The van der Waals surface area contributed by atoms with Crippen LogP contribution in [0.5, 0.6) is 5.75 Å². The number of halogens is 3. The lowest BCUT2D eigenvalue weighted by Gasteiger charge is -2.22. The van der Waals surface area contributed by atoms with Gasteiger partial charge in [0, 0.05) is 13.2 Å². The van der Waals surface area contributed by atoms with Gasteiger partial charge in [0.1, 0.15) is 12.3 Å². The number of ether oxygens (including phenoxy) is 1. The summed E-state index contributed by atoms with van der Waals surface area (Å²) in [7, 11) is 1.44. The third-order valence-electron chi connectivity index (χ3n) is 5.67. The van der Waals surface area contributed by atoms with Gasteiger partial charge in [-0.05, 0) is 36.0 Å². The third-order valence-corrected chi connectivity index (χ3v) is 5.67. The molecule has 0 spiro atoms. The van der Waals surface area contributed by atoms with Crippen molar-refractivity contribution in [2.75, 3.05) is 4.90 Å². The molecule has 3 aromatic heterocycles. The molecular weight excluding hydrogens is 463 g/mol. The number of hydrogen-bond donors (Lipinski definition) is 0. The van der Waals surface area contributed by atoms with Gasteiger partial charge in [0.25, 0.3) is 5.56 Å². The van der Waals surface area contributed by atoms with E-state index in [0.29, 0.717) is 16.2 Å². The fraction of sp³-hybridized carbons (Fsp3) is 0.250. The Kier molecular flexibility index (Phi) is 5.54. The fourth-order valence-corrected chi connectivity index (χ4v) is 3.76. The van der Waals surface area contributed by atoms with Crippen molar-refractivity contribution in [3.63, 3.8) is 0 Å². The number of benzene rings is 1. The molecule has 8 nitrogen and oxygen atoms in total. The maximum absolute atomic E-state index is 13.6. The van der Waals surface area contributed by atoms with E-state index < -0.39 is 23.3 Å². The van der Waals surface area contributed by atoms with Crippen molar-refractivity contribution >= 4 is 23.2 Å². The lowest BCUT2D eigenvalue weighted by atomic mass is 10.1. The third kappa shape index (κ3) is 4.61. The predicted molar refractivity (Wildman–Crippen MR) is 121 cm³/mol. The number of hydrogen-bond acceptors (Lipinski definition) is 5. The number of aromatic nitrogens is 4. The number of pyridine rings is 1. The summed E-state index contributed by atoms with van der Waals surface area (Å²) in [5, 5.41) is 0.